The van der Waals surface area contributed by atoms with Gasteiger partial charge in [-0.1, -0.05) is 26.0 Å². The van der Waals surface area contributed by atoms with Crippen LogP contribution in [0.2, 0.25) is 0 Å². The normalized spacial score (nSPS) is 14.3. The maximum absolute atomic E-state index is 12.9. The van der Waals surface area contributed by atoms with Crippen LogP contribution < -0.4 is 10.2 Å². The average molecular weight is 380 g/mol. The van der Waals surface area contributed by atoms with Crippen LogP contribution in [0.5, 0.6) is 0 Å². The Morgan fingerprint density at radius 1 is 1.11 bits per heavy atom. The van der Waals surface area contributed by atoms with E-state index in [2.05, 4.69) is 46.4 Å². The maximum atomic E-state index is 12.9. The fraction of sp³-hybridized carbons (Fsp3) is 0.409. The molecule has 148 valence electrons. The molecule has 0 saturated carbocycles. The lowest BCUT2D eigenvalue weighted by Gasteiger charge is -2.36. The van der Waals surface area contributed by atoms with Gasteiger partial charge in [0.25, 0.3) is 11.8 Å². The third kappa shape index (κ3) is 4.88. The standard InChI is InChI=1S/C22H28N4O2/c1-16(2)15-24-21(27)18-7-8-23-20(14-18)22(28)26-11-9-25(10-12-26)19-6-4-5-17(3)13-19/h4-8,13-14,16H,9-12,15H2,1-3H3,(H,24,27). The number of anilines is 1. The van der Waals surface area contributed by atoms with Crippen molar-refractivity contribution < 1.29 is 9.59 Å². The van der Waals surface area contributed by atoms with Gasteiger partial charge in [-0.3, -0.25) is 14.6 Å². The lowest BCUT2D eigenvalue weighted by molar-refractivity contribution is 0.0741. The van der Waals surface area contributed by atoms with Gasteiger partial charge in [-0.2, -0.15) is 0 Å². The monoisotopic (exact) mass is 380 g/mol. The van der Waals surface area contributed by atoms with Crippen LogP contribution in [-0.4, -0.2) is 54.4 Å². The predicted octanol–water partition coefficient (Wildman–Crippen LogP) is 2.74. The molecule has 0 unspecified atom stereocenters. The third-order valence-electron chi connectivity index (χ3n) is 4.85. The predicted molar refractivity (Wildman–Crippen MR) is 111 cm³/mol. The highest BCUT2D eigenvalue weighted by molar-refractivity contribution is 5.98. The van der Waals surface area contributed by atoms with Crippen LogP contribution in [0.1, 0.15) is 40.3 Å². The highest BCUT2D eigenvalue weighted by Crippen LogP contribution is 2.18. The van der Waals surface area contributed by atoms with Gasteiger partial charge in [-0.15, -0.1) is 0 Å². The molecule has 0 spiro atoms. The van der Waals surface area contributed by atoms with Crippen molar-refractivity contribution in [2.75, 3.05) is 37.6 Å². The third-order valence-corrected chi connectivity index (χ3v) is 4.85. The Labute approximate surface area is 166 Å². The number of pyridine rings is 1. The number of hydrogen-bond donors (Lipinski definition) is 1. The van der Waals surface area contributed by atoms with E-state index >= 15 is 0 Å². The first-order valence-corrected chi connectivity index (χ1v) is 9.79. The molecular weight excluding hydrogens is 352 g/mol. The molecule has 2 amide bonds. The number of nitrogens with one attached hydrogen (secondary N) is 1. The molecule has 0 bridgehead atoms. The Morgan fingerprint density at radius 2 is 1.86 bits per heavy atom. The van der Waals surface area contributed by atoms with E-state index in [1.807, 2.05) is 18.7 Å². The van der Waals surface area contributed by atoms with E-state index in [4.69, 9.17) is 0 Å². The summed E-state index contributed by atoms with van der Waals surface area (Å²) in [5, 5.41) is 2.87. The molecule has 2 aromatic rings. The number of carbonyl (C=O) groups excluding carboxylic acids is 2. The smallest absolute Gasteiger partial charge is 0.272 e. The Morgan fingerprint density at radius 3 is 2.54 bits per heavy atom. The summed E-state index contributed by atoms with van der Waals surface area (Å²) < 4.78 is 0. The molecule has 0 aliphatic carbocycles. The first-order valence-electron chi connectivity index (χ1n) is 9.79. The minimum absolute atomic E-state index is 0.123. The molecule has 6 heteroatoms. The molecule has 0 atom stereocenters. The molecule has 28 heavy (non-hydrogen) atoms. The first kappa shape index (κ1) is 19.9. The van der Waals surface area contributed by atoms with Crippen LogP contribution in [0.4, 0.5) is 5.69 Å². The molecule has 1 aromatic heterocycles. The number of piperazine rings is 1. The Kier molecular flexibility index (Phi) is 6.29. The molecule has 1 aliphatic rings. The van der Waals surface area contributed by atoms with Crippen LogP contribution in [-0.2, 0) is 0 Å². The van der Waals surface area contributed by atoms with E-state index in [9.17, 15) is 9.59 Å². The van der Waals surface area contributed by atoms with Gasteiger partial charge in [0.2, 0.25) is 0 Å². The number of aromatic nitrogens is 1. The Hall–Kier alpha value is -2.89. The molecule has 1 aliphatic heterocycles. The van der Waals surface area contributed by atoms with Gasteiger partial charge in [0, 0.05) is 50.2 Å². The van der Waals surface area contributed by atoms with Gasteiger partial charge in [0.1, 0.15) is 5.69 Å². The largest absolute Gasteiger partial charge is 0.368 e. The van der Waals surface area contributed by atoms with E-state index in [1.54, 1.807) is 12.1 Å². The zero-order valence-electron chi connectivity index (χ0n) is 16.8. The van der Waals surface area contributed by atoms with Crippen molar-refractivity contribution in [3.05, 3.63) is 59.4 Å². The van der Waals surface area contributed by atoms with Gasteiger partial charge in [0.15, 0.2) is 0 Å². The van der Waals surface area contributed by atoms with E-state index in [1.165, 1.54) is 17.4 Å². The van der Waals surface area contributed by atoms with E-state index < -0.39 is 0 Å². The number of rotatable bonds is 5. The molecule has 1 fully saturated rings. The number of hydrogen-bond acceptors (Lipinski definition) is 4. The number of benzene rings is 1. The average Bonchev–Trinajstić information content (AvgIpc) is 2.71. The molecule has 1 saturated heterocycles. The van der Waals surface area contributed by atoms with Crippen molar-refractivity contribution in [2.45, 2.75) is 20.8 Å². The zero-order valence-corrected chi connectivity index (χ0v) is 16.8. The fourth-order valence-corrected chi connectivity index (χ4v) is 3.24. The number of aryl methyl sites for hydroxylation is 1. The van der Waals surface area contributed by atoms with Crippen molar-refractivity contribution >= 4 is 17.5 Å². The van der Waals surface area contributed by atoms with Gasteiger partial charge in [-0.25, -0.2) is 0 Å². The minimum Gasteiger partial charge on any atom is -0.368 e. The van der Waals surface area contributed by atoms with Crippen molar-refractivity contribution in [1.29, 1.82) is 0 Å². The van der Waals surface area contributed by atoms with Crippen molar-refractivity contribution in [3.8, 4) is 0 Å². The summed E-state index contributed by atoms with van der Waals surface area (Å²) in [4.78, 5) is 33.4. The van der Waals surface area contributed by atoms with Crippen LogP contribution in [0.15, 0.2) is 42.6 Å². The molecule has 3 rings (SSSR count). The molecule has 1 N–H and O–H groups in total. The lowest BCUT2D eigenvalue weighted by Crippen LogP contribution is -2.49. The number of amides is 2. The quantitative estimate of drug-likeness (QED) is 0.866. The Balaban J connectivity index is 1.62. The van der Waals surface area contributed by atoms with Crippen LogP contribution in [0.3, 0.4) is 0 Å². The second-order valence-electron chi connectivity index (χ2n) is 7.65. The van der Waals surface area contributed by atoms with Crippen LogP contribution in [0.25, 0.3) is 0 Å². The maximum Gasteiger partial charge on any atom is 0.272 e. The summed E-state index contributed by atoms with van der Waals surface area (Å²) in [5.74, 6) is 0.0772. The van der Waals surface area contributed by atoms with Gasteiger partial charge in [-0.05, 0) is 42.7 Å². The van der Waals surface area contributed by atoms with E-state index in [0.29, 0.717) is 36.8 Å². The molecule has 1 aromatic carbocycles. The summed E-state index contributed by atoms with van der Waals surface area (Å²) in [6, 6.07) is 11.6. The van der Waals surface area contributed by atoms with Gasteiger partial charge < -0.3 is 15.1 Å². The molecule has 6 nitrogen and oxygen atoms in total. The number of nitrogens with zero attached hydrogens (tertiary/aromatic N) is 3. The summed E-state index contributed by atoms with van der Waals surface area (Å²) in [6.45, 7) is 9.60. The highest BCUT2D eigenvalue weighted by Gasteiger charge is 2.23. The lowest BCUT2D eigenvalue weighted by atomic mass is 10.1. The van der Waals surface area contributed by atoms with Crippen LogP contribution in [0, 0.1) is 12.8 Å². The Bertz CT molecular complexity index is 842. The zero-order chi connectivity index (χ0) is 20.1. The van der Waals surface area contributed by atoms with Crippen LogP contribution >= 0.6 is 0 Å². The molecular formula is C22H28N4O2. The van der Waals surface area contributed by atoms with Gasteiger partial charge >= 0.3 is 0 Å². The second kappa shape index (κ2) is 8.87. The topological polar surface area (TPSA) is 65.5 Å². The van der Waals surface area contributed by atoms with Crippen molar-refractivity contribution in [3.63, 3.8) is 0 Å². The SMILES string of the molecule is Cc1cccc(N2CCN(C(=O)c3cc(C(=O)NCC(C)C)ccn3)CC2)c1. The van der Waals surface area contributed by atoms with E-state index in [-0.39, 0.29) is 11.8 Å². The summed E-state index contributed by atoms with van der Waals surface area (Å²) in [6.07, 6.45) is 1.53. The van der Waals surface area contributed by atoms with E-state index in [0.717, 1.165) is 13.1 Å². The second-order valence-corrected chi connectivity index (χ2v) is 7.65. The fourth-order valence-electron chi connectivity index (χ4n) is 3.24. The van der Waals surface area contributed by atoms with Crippen molar-refractivity contribution in [2.24, 2.45) is 5.92 Å². The summed E-state index contributed by atoms with van der Waals surface area (Å²) >= 11 is 0. The first-order chi connectivity index (χ1) is 13.4. The van der Waals surface area contributed by atoms with Crippen molar-refractivity contribution in [1.82, 2.24) is 15.2 Å². The van der Waals surface area contributed by atoms with Gasteiger partial charge in [0.05, 0.1) is 0 Å². The molecule has 0 radical (unpaired) electrons. The summed E-state index contributed by atoms with van der Waals surface area (Å²) in [5.41, 5.74) is 3.21. The number of carbonyl (C=O) groups is 2. The summed E-state index contributed by atoms with van der Waals surface area (Å²) in [7, 11) is 0. The highest BCUT2D eigenvalue weighted by atomic mass is 16.2. The minimum atomic E-state index is -0.172. The molecule has 2 heterocycles.